The first-order valence-electron chi connectivity index (χ1n) is 38.4. The van der Waals surface area contributed by atoms with Gasteiger partial charge in [-0.3, -0.25) is 9.59 Å². The van der Waals surface area contributed by atoms with Crippen molar-refractivity contribution < 1.29 is 24.5 Å². The maximum Gasteiger partial charge on any atom is 0.305 e. The van der Waals surface area contributed by atoms with Crippen LogP contribution in [0.3, 0.4) is 0 Å². The number of aliphatic hydroxyl groups excluding tert-OH is 2. The Balaban J connectivity index is 3.32. The van der Waals surface area contributed by atoms with E-state index in [1.807, 2.05) is 0 Å². The van der Waals surface area contributed by atoms with Gasteiger partial charge in [0.15, 0.2) is 0 Å². The fraction of sp³-hybridized carbons (Fsp3) is 0.948. The van der Waals surface area contributed by atoms with E-state index in [2.05, 4.69) is 31.3 Å². The summed E-state index contributed by atoms with van der Waals surface area (Å²) in [6, 6.07) is -0.538. The van der Waals surface area contributed by atoms with E-state index < -0.39 is 12.1 Å². The van der Waals surface area contributed by atoms with Gasteiger partial charge >= 0.3 is 5.97 Å². The van der Waals surface area contributed by atoms with Crippen LogP contribution >= 0.6 is 0 Å². The number of hydrogen-bond donors (Lipinski definition) is 3. The molecular formula is C77H151NO5. The van der Waals surface area contributed by atoms with Crippen molar-refractivity contribution in [3.63, 3.8) is 0 Å². The van der Waals surface area contributed by atoms with Crippen LogP contribution in [-0.4, -0.2) is 47.4 Å². The maximum absolute atomic E-state index is 12.5. The molecule has 0 spiro atoms. The summed E-state index contributed by atoms with van der Waals surface area (Å²) in [4.78, 5) is 24.6. The third kappa shape index (κ3) is 69.6. The van der Waals surface area contributed by atoms with Gasteiger partial charge in [0.2, 0.25) is 5.91 Å². The lowest BCUT2D eigenvalue weighted by molar-refractivity contribution is -0.143. The van der Waals surface area contributed by atoms with Gasteiger partial charge in [-0.15, -0.1) is 0 Å². The molecule has 83 heavy (non-hydrogen) atoms. The number of nitrogens with one attached hydrogen (secondary N) is 1. The SMILES string of the molecule is CCCCCCCCCCCCCCCCCCCCC(=O)OCCCCCCCCCCCCCC/C=C\CCCCCCCCCCCCCCCCCCCC(=O)NC(CO)C(O)CCCCCCCCCCCCCCCCC. The monoisotopic (exact) mass is 1170 g/mol. The molecule has 0 saturated heterocycles. The van der Waals surface area contributed by atoms with Crippen molar-refractivity contribution in [1.29, 1.82) is 0 Å². The quantitative estimate of drug-likeness (QED) is 0.0320. The minimum Gasteiger partial charge on any atom is -0.466 e. The molecule has 0 aromatic heterocycles. The minimum atomic E-state index is -0.661. The number of rotatable bonds is 73. The van der Waals surface area contributed by atoms with Gasteiger partial charge in [0.1, 0.15) is 0 Å². The van der Waals surface area contributed by atoms with E-state index in [0.717, 1.165) is 38.5 Å². The second-order valence-corrected chi connectivity index (χ2v) is 26.7. The lowest BCUT2D eigenvalue weighted by atomic mass is 10.0. The topological polar surface area (TPSA) is 95.9 Å². The third-order valence-electron chi connectivity index (χ3n) is 18.3. The number of ether oxygens (including phenoxy) is 1. The van der Waals surface area contributed by atoms with E-state index in [1.165, 1.54) is 372 Å². The zero-order chi connectivity index (χ0) is 59.9. The molecule has 6 heteroatoms. The maximum atomic E-state index is 12.5. The van der Waals surface area contributed by atoms with Gasteiger partial charge in [-0.25, -0.2) is 0 Å². The Bertz CT molecular complexity index is 1260. The standard InChI is InChI=1S/C77H151NO5/c1-3-5-7-9-11-13-15-17-19-20-39-43-47-51-55-59-63-67-71-77(82)83-72-68-64-60-56-52-48-44-40-37-35-33-31-29-27-25-23-21-22-24-26-28-30-32-34-36-38-42-46-50-54-58-62-66-70-76(81)78-74(73-79)75(80)69-65-61-57-53-49-45-41-18-16-14-12-10-8-6-4-2/h25,27,74-75,79-80H,3-24,26,28-73H2,1-2H3,(H,78,81)/b27-25-. The highest BCUT2D eigenvalue weighted by Gasteiger charge is 2.20. The van der Waals surface area contributed by atoms with Crippen LogP contribution in [0.5, 0.6) is 0 Å². The van der Waals surface area contributed by atoms with Crippen molar-refractivity contribution in [3.05, 3.63) is 12.2 Å². The third-order valence-corrected chi connectivity index (χ3v) is 18.3. The molecule has 0 fully saturated rings. The number of carbonyl (C=O) groups is 2. The molecule has 0 radical (unpaired) electrons. The van der Waals surface area contributed by atoms with Crippen LogP contribution in [0, 0.1) is 0 Å². The van der Waals surface area contributed by atoms with E-state index >= 15 is 0 Å². The molecule has 2 unspecified atom stereocenters. The van der Waals surface area contributed by atoms with Crippen LogP contribution in [-0.2, 0) is 14.3 Å². The molecule has 0 aliphatic carbocycles. The molecule has 0 aromatic carbocycles. The molecule has 0 aliphatic heterocycles. The van der Waals surface area contributed by atoms with Crippen LogP contribution in [0.4, 0.5) is 0 Å². The van der Waals surface area contributed by atoms with E-state index in [9.17, 15) is 19.8 Å². The highest BCUT2D eigenvalue weighted by molar-refractivity contribution is 5.76. The Morgan fingerprint density at radius 1 is 0.325 bits per heavy atom. The van der Waals surface area contributed by atoms with Gasteiger partial charge in [-0.05, 0) is 51.4 Å². The zero-order valence-electron chi connectivity index (χ0n) is 56.7. The molecule has 3 N–H and O–H groups in total. The number of amides is 1. The summed E-state index contributed by atoms with van der Waals surface area (Å²) >= 11 is 0. The van der Waals surface area contributed by atoms with Gasteiger partial charge in [-0.1, -0.05) is 392 Å². The van der Waals surface area contributed by atoms with Gasteiger partial charge in [-0.2, -0.15) is 0 Å². The van der Waals surface area contributed by atoms with Gasteiger partial charge in [0.05, 0.1) is 25.4 Å². The van der Waals surface area contributed by atoms with Gasteiger partial charge < -0.3 is 20.3 Å². The van der Waals surface area contributed by atoms with Crippen LogP contribution in [0.1, 0.15) is 444 Å². The van der Waals surface area contributed by atoms with Crippen molar-refractivity contribution in [2.75, 3.05) is 13.2 Å². The van der Waals surface area contributed by atoms with Gasteiger partial charge in [0, 0.05) is 12.8 Å². The van der Waals surface area contributed by atoms with Crippen molar-refractivity contribution in [2.45, 2.75) is 456 Å². The second kappa shape index (κ2) is 73.1. The average Bonchev–Trinajstić information content (AvgIpc) is 3.48. The average molecular weight is 1170 g/mol. The molecule has 0 aromatic rings. The Hall–Kier alpha value is -1.40. The Kier molecular flexibility index (Phi) is 71.8. The summed E-state index contributed by atoms with van der Waals surface area (Å²) in [5.74, 6) is -0.00387. The molecule has 1 amide bonds. The molecule has 0 bridgehead atoms. The minimum absolute atomic E-state index is 0.0243. The van der Waals surface area contributed by atoms with Crippen LogP contribution < -0.4 is 5.32 Å². The largest absolute Gasteiger partial charge is 0.466 e. The second-order valence-electron chi connectivity index (χ2n) is 26.7. The number of esters is 1. The summed E-state index contributed by atoms with van der Waals surface area (Å²) in [7, 11) is 0. The zero-order valence-corrected chi connectivity index (χ0v) is 56.7. The van der Waals surface area contributed by atoms with Crippen LogP contribution in [0.15, 0.2) is 12.2 Å². The Labute approximate surface area is 520 Å². The molecule has 0 saturated carbocycles. The first kappa shape index (κ1) is 81.6. The van der Waals surface area contributed by atoms with Crippen LogP contribution in [0.25, 0.3) is 0 Å². The van der Waals surface area contributed by atoms with Crippen molar-refractivity contribution in [1.82, 2.24) is 5.32 Å². The van der Waals surface area contributed by atoms with E-state index in [0.29, 0.717) is 25.9 Å². The highest BCUT2D eigenvalue weighted by Crippen LogP contribution is 2.20. The number of carbonyl (C=O) groups excluding carboxylic acids is 2. The van der Waals surface area contributed by atoms with E-state index in [1.54, 1.807) is 0 Å². The summed E-state index contributed by atoms with van der Waals surface area (Å²) in [6.07, 6.45) is 91.5. The Morgan fingerprint density at radius 3 is 0.855 bits per heavy atom. The molecule has 6 nitrogen and oxygen atoms in total. The summed E-state index contributed by atoms with van der Waals surface area (Å²) < 4.78 is 5.52. The summed E-state index contributed by atoms with van der Waals surface area (Å²) in [5, 5.41) is 23.4. The smallest absolute Gasteiger partial charge is 0.305 e. The predicted molar refractivity (Wildman–Crippen MR) is 366 cm³/mol. The van der Waals surface area contributed by atoms with Crippen molar-refractivity contribution in [3.8, 4) is 0 Å². The first-order valence-corrected chi connectivity index (χ1v) is 38.4. The molecule has 2 atom stereocenters. The Morgan fingerprint density at radius 2 is 0.566 bits per heavy atom. The number of aliphatic hydroxyl groups is 2. The summed E-state index contributed by atoms with van der Waals surface area (Å²) in [5.41, 5.74) is 0. The molecule has 0 aliphatic rings. The molecule has 0 heterocycles. The fourth-order valence-electron chi connectivity index (χ4n) is 12.5. The summed E-state index contributed by atoms with van der Waals surface area (Å²) in [6.45, 7) is 5.01. The molecular weight excluding hydrogens is 1020 g/mol. The first-order chi connectivity index (χ1) is 41.0. The van der Waals surface area contributed by atoms with Crippen molar-refractivity contribution in [2.24, 2.45) is 0 Å². The number of unbranched alkanes of at least 4 members (excludes halogenated alkanes) is 60. The number of allylic oxidation sites excluding steroid dienone is 2. The number of hydrogen-bond acceptors (Lipinski definition) is 5. The van der Waals surface area contributed by atoms with Crippen LogP contribution in [0.2, 0.25) is 0 Å². The van der Waals surface area contributed by atoms with E-state index in [-0.39, 0.29) is 18.5 Å². The normalized spacial score (nSPS) is 12.5. The van der Waals surface area contributed by atoms with Crippen molar-refractivity contribution >= 4 is 11.9 Å². The highest BCUT2D eigenvalue weighted by atomic mass is 16.5. The molecule has 0 rings (SSSR count). The van der Waals surface area contributed by atoms with Gasteiger partial charge in [0.25, 0.3) is 0 Å². The molecule has 494 valence electrons. The lowest BCUT2D eigenvalue weighted by Crippen LogP contribution is -2.45. The fourth-order valence-corrected chi connectivity index (χ4v) is 12.5. The lowest BCUT2D eigenvalue weighted by Gasteiger charge is -2.22. The predicted octanol–water partition coefficient (Wildman–Crippen LogP) is 25.1. The van der Waals surface area contributed by atoms with E-state index in [4.69, 9.17) is 4.74 Å².